The summed E-state index contributed by atoms with van der Waals surface area (Å²) >= 11 is 0. The maximum absolute atomic E-state index is 9.12. The molecule has 0 aliphatic heterocycles. The minimum atomic E-state index is 0.520. The van der Waals surface area contributed by atoms with Crippen molar-refractivity contribution in [3.63, 3.8) is 0 Å². The van der Waals surface area contributed by atoms with Crippen molar-refractivity contribution in [1.82, 2.24) is 10.3 Å². The molecule has 90 valence electrons. The summed E-state index contributed by atoms with van der Waals surface area (Å²) in [5, 5.41) is 12.2. The predicted octanol–water partition coefficient (Wildman–Crippen LogP) is 2.46. The number of nitrogens with zero attached hydrogens (tertiary/aromatic N) is 2. The predicted molar refractivity (Wildman–Crippen MR) is 68.2 cm³/mol. The van der Waals surface area contributed by atoms with Crippen LogP contribution in [0.25, 0.3) is 0 Å². The first-order chi connectivity index (χ1) is 8.83. The Morgan fingerprint density at radius 3 is 2.94 bits per heavy atom. The Morgan fingerprint density at radius 2 is 2.28 bits per heavy atom. The summed E-state index contributed by atoms with van der Waals surface area (Å²) in [5.41, 5.74) is 1.57. The van der Waals surface area contributed by atoms with Crippen LogP contribution >= 0.6 is 0 Å². The topological polar surface area (TPSA) is 57.9 Å². The molecule has 18 heavy (non-hydrogen) atoms. The summed E-state index contributed by atoms with van der Waals surface area (Å²) < 4.78 is 5.63. The Kier molecular flexibility index (Phi) is 3.90. The molecule has 0 aliphatic rings. The van der Waals surface area contributed by atoms with Crippen LogP contribution in [0.15, 0.2) is 42.7 Å². The SMILES string of the molecule is CNCc1ccc(Oc2cccnc2)c(C#N)c1. The number of ether oxygens (including phenoxy) is 1. The molecule has 0 atom stereocenters. The number of pyridine rings is 1. The monoisotopic (exact) mass is 239 g/mol. The first-order valence-corrected chi connectivity index (χ1v) is 5.59. The highest BCUT2D eigenvalue weighted by Crippen LogP contribution is 2.25. The van der Waals surface area contributed by atoms with Crippen molar-refractivity contribution in [2.45, 2.75) is 6.54 Å². The molecule has 0 saturated heterocycles. The van der Waals surface area contributed by atoms with Gasteiger partial charge >= 0.3 is 0 Å². The molecule has 2 aromatic rings. The number of benzene rings is 1. The first-order valence-electron chi connectivity index (χ1n) is 5.59. The molecule has 2 rings (SSSR count). The summed E-state index contributed by atoms with van der Waals surface area (Å²) in [6.45, 7) is 0.724. The van der Waals surface area contributed by atoms with E-state index in [1.54, 1.807) is 30.6 Å². The number of nitrogens with one attached hydrogen (secondary N) is 1. The van der Waals surface area contributed by atoms with Crippen molar-refractivity contribution >= 4 is 0 Å². The molecule has 0 saturated carbocycles. The standard InChI is InChI=1S/C14H13N3O/c1-16-9-11-4-5-14(12(7-11)8-15)18-13-3-2-6-17-10-13/h2-7,10,16H,9H2,1H3. The van der Waals surface area contributed by atoms with Crippen LogP contribution in [0, 0.1) is 11.3 Å². The summed E-state index contributed by atoms with van der Waals surface area (Å²) in [6.07, 6.45) is 3.29. The Balaban J connectivity index is 2.26. The van der Waals surface area contributed by atoms with Gasteiger partial charge < -0.3 is 10.1 Å². The lowest BCUT2D eigenvalue weighted by atomic mass is 10.1. The molecular formula is C14H13N3O. The smallest absolute Gasteiger partial charge is 0.145 e. The van der Waals surface area contributed by atoms with Gasteiger partial charge in [-0.3, -0.25) is 4.98 Å². The molecule has 0 spiro atoms. The van der Waals surface area contributed by atoms with Crippen LogP contribution < -0.4 is 10.1 Å². The fraction of sp³-hybridized carbons (Fsp3) is 0.143. The molecule has 0 unspecified atom stereocenters. The van der Waals surface area contributed by atoms with E-state index in [4.69, 9.17) is 10.00 Å². The third kappa shape index (κ3) is 2.84. The second kappa shape index (κ2) is 5.80. The van der Waals surface area contributed by atoms with Gasteiger partial charge in [-0.15, -0.1) is 0 Å². The normalized spacial score (nSPS) is 9.78. The van der Waals surface area contributed by atoms with Gasteiger partial charge in [-0.2, -0.15) is 5.26 Å². The van der Waals surface area contributed by atoms with E-state index in [0.717, 1.165) is 12.1 Å². The summed E-state index contributed by atoms with van der Waals surface area (Å²) in [6, 6.07) is 11.3. The van der Waals surface area contributed by atoms with E-state index in [1.807, 2.05) is 19.2 Å². The lowest BCUT2D eigenvalue weighted by molar-refractivity contribution is 0.478. The number of aromatic nitrogens is 1. The molecular weight excluding hydrogens is 226 g/mol. The van der Waals surface area contributed by atoms with Crippen molar-refractivity contribution in [1.29, 1.82) is 5.26 Å². The largest absolute Gasteiger partial charge is 0.454 e. The Hall–Kier alpha value is -2.38. The molecule has 4 heteroatoms. The van der Waals surface area contributed by atoms with Crippen LogP contribution in [-0.2, 0) is 6.54 Å². The van der Waals surface area contributed by atoms with E-state index < -0.39 is 0 Å². The molecule has 0 radical (unpaired) electrons. The van der Waals surface area contributed by atoms with Crippen LogP contribution in [0.3, 0.4) is 0 Å². The molecule has 1 aromatic carbocycles. The van der Waals surface area contributed by atoms with E-state index in [2.05, 4.69) is 16.4 Å². The van der Waals surface area contributed by atoms with E-state index >= 15 is 0 Å². The molecule has 0 amide bonds. The zero-order chi connectivity index (χ0) is 12.8. The maximum atomic E-state index is 9.12. The summed E-state index contributed by atoms with van der Waals surface area (Å²) in [7, 11) is 1.87. The summed E-state index contributed by atoms with van der Waals surface area (Å²) in [5.74, 6) is 1.17. The third-order valence-electron chi connectivity index (χ3n) is 2.41. The van der Waals surface area contributed by atoms with Crippen LogP contribution in [0.5, 0.6) is 11.5 Å². The molecule has 0 bridgehead atoms. The van der Waals surface area contributed by atoms with Gasteiger partial charge in [0.1, 0.15) is 17.6 Å². The molecule has 1 heterocycles. The van der Waals surface area contributed by atoms with E-state index in [-0.39, 0.29) is 0 Å². The van der Waals surface area contributed by atoms with Crippen LogP contribution in [0.4, 0.5) is 0 Å². The van der Waals surface area contributed by atoms with Crippen molar-refractivity contribution in [2.75, 3.05) is 7.05 Å². The number of hydrogen-bond acceptors (Lipinski definition) is 4. The Bertz CT molecular complexity index is 561. The molecule has 1 N–H and O–H groups in total. The van der Waals surface area contributed by atoms with Crippen molar-refractivity contribution in [2.24, 2.45) is 0 Å². The van der Waals surface area contributed by atoms with Crippen molar-refractivity contribution in [3.8, 4) is 17.6 Å². The highest BCUT2D eigenvalue weighted by molar-refractivity contribution is 5.47. The zero-order valence-corrected chi connectivity index (χ0v) is 10.1. The van der Waals surface area contributed by atoms with Gasteiger partial charge in [0.2, 0.25) is 0 Å². The number of rotatable bonds is 4. The molecule has 0 fully saturated rings. The van der Waals surface area contributed by atoms with Gasteiger partial charge in [0.25, 0.3) is 0 Å². The minimum absolute atomic E-state index is 0.520. The van der Waals surface area contributed by atoms with E-state index in [1.165, 1.54) is 0 Å². The number of nitriles is 1. The van der Waals surface area contributed by atoms with Crippen molar-refractivity contribution < 1.29 is 4.74 Å². The average Bonchev–Trinajstić information content (AvgIpc) is 2.42. The lowest BCUT2D eigenvalue weighted by Gasteiger charge is -2.08. The molecule has 0 aliphatic carbocycles. The van der Waals surface area contributed by atoms with E-state index in [9.17, 15) is 0 Å². The fourth-order valence-corrected chi connectivity index (χ4v) is 1.60. The lowest BCUT2D eigenvalue weighted by Crippen LogP contribution is -2.05. The highest BCUT2D eigenvalue weighted by Gasteiger charge is 2.05. The van der Waals surface area contributed by atoms with Gasteiger partial charge in [-0.05, 0) is 36.9 Å². The zero-order valence-electron chi connectivity index (χ0n) is 10.1. The second-order valence-electron chi connectivity index (χ2n) is 3.76. The van der Waals surface area contributed by atoms with Gasteiger partial charge in [0, 0.05) is 12.7 Å². The molecule has 4 nitrogen and oxygen atoms in total. The second-order valence-corrected chi connectivity index (χ2v) is 3.76. The summed E-state index contributed by atoms with van der Waals surface area (Å²) in [4.78, 5) is 3.97. The van der Waals surface area contributed by atoms with Crippen molar-refractivity contribution in [3.05, 3.63) is 53.9 Å². The maximum Gasteiger partial charge on any atom is 0.145 e. The van der Waals surface area contributed by atoms with Gasteiger partial charge in [0.05, 0.1) is 11.8 Å². The Morgan fingerprint density at radius 1 is 1.39 bits per heavy atom. The minimum Gasteiger partial charge on any atom is -0.454 e. The van der Waals surface area contributed by atoms with Crippen LogP contribution in [0.2, 0.25) is 0 Å². The van der Waals surface area contributed by atoms with Crippen LogP contribution in [0.1, 0.15) is 11.1 Å². The van der Waals surface area contributed by atoms with Gasteiger partial charge in [0.15, 0.2) is 0 Å². The molecule has 1 aromatic heterocycles. The van der Waals surface area contributed by atoms with Crippen LogP contribution in [-0.4, -0.2) is 12.0 Å². The van der Waals surface area contributed by atoms with E-state index in [0.29, 0.717) is 17.1 Å². The van der Waals surface area contributed by atoms with Gasteiger partial charge in [-0.25, -0.2) is 0 Å². The first kappa shape index (κ1) is 12.1. The number of hydrogen-bond donors (Lipinski definition) is 1. The highest BCUT2D eigenvalue weighted by atomic mass is 16.5. The Labute approximate surface area is 106 Å². The average molecular weight is 239 g/mol. The quantitative estimate of drug-likeness (QED) is 0.890. The third-order valence-corrected chi connectivity index (χ3v) is 2.41. The fourth-order valence-electron chi connectivity index (χ4n) is 1.60. The van der Waals surface area contributed by atoms with Gasteiger partial charge in [-0.1, -0.05) is 6.07 Å².